The Labute approximate surface area is 182 Å². The third-order valence-electron chi connectivity index (χ3n) is 6.09. The number of aromatic amines is 1. The summed E-state index contributed by atoms with van der Waals surface area (Å²) in [6, 6.07) is 11.9. The second kappa shape index (κ2) is 8.42. The minimum atomic E-state index is 0.170. The van der Waals surface area contributed by atoms with Gasteiger partial charge in [0.05, 0.1) is 29.7 Å². The summed E-state index contributed by atoms with van der Waals surface area (Å²) in [5, 5.41) is 3.51. The van der Waals surface area contributed by atoms with E-state index in [1.165, 1.54) is 12.8 Å². The molecule has 0 bridgehead atoms. The van der Waals surface area contributed by atoms with Crippen LogP contribution in [-0.2, 0) is 6.42 Å². The van der Waals surface area contributed by atoms with Crippen LogP contribution in [-0.4, -0.2) is 22.4 Å². The van der Waals surface area contributed by atoms with Gasteiger partial charge in [-0.1, -0.05) is 24.3 Å². The lowest BCUT2D eigenvalue weighted by molar-refractivity contribution is 0.0950. The van der Waals surface area contributed by atoms with Gasteiger partial charge in [0.25, 0.3) is 0 Å². The molecular formula is C26H27N3O2. The van der Waals surface area contributed by atoms with E-state index in [2.05, 4.69) is 21.9 Å². The molecular weight excluding hydrogens is 386 g/mol. The van der Waals surface area contributed by atoms with Crippen molar-refractivity contribution in [1.29, 1.82) is 0 Å². The number of ether oxygens (including phenoxy) is 1. The van der Waals surface area contributed by atoms with E-state index in [0.717, 1.165) is 52.5 Å². The normalized spacial score (nSPS) is 17.8. The Balaban J connectivity index is 1.59. The average molecular weight is 414 g/mol. The molecule has 5 nitrogen and oxygen atoms in total. The summed E-state index contributed by atoms with van der Waals surface area (Å²) in [5.74, 6) is 1.85. The lowest BCUT2D eigenvalue weighted by Crippen LogP contribution is -2.19. The van der Waals surface area contributed by atoms with Gasteiger partial charge in [-0.15, -0.1) is 6.58 Å². The topological polar surface area (TPSA) is 67.0 Å². The number of carbonyl (C=O) groups is 1. The molecule has 158 valence electrons. The molecule has 31 heavy (non-hydrogen) atoms. The smallest absolute Gasteiger partial charge is 0.167 e. The molecule has 3 aromatic rings. The predicted molar refractivity (Wildman–Crippen MR) is 123 cm³/mol. The zero-order valence-corrected chi connectivity index (χ0v) is 17.6. The number of para-hydroxylation sites is 1. The summed E-state index contributed by atoms with van der Waals surface area (Å²) < 4.78 is 6.13. The Morgan fingerprint density at radius 1 is 1.16 bits per heavy atom. The van der Waals surface area contributed by atoms with Crippen molar-refractivity contribution < 1.29 is 9.53 Å². The first-order chi connectivity index (χ1) is 15.2. The predicted octanol–water partition coefficient (Wildman–Crippen LogP) is 5.93. The molecule has 2 aromatic heterocycles. The first-order valence-electron chi connectivity index (χ1n) is 11.0. The van der Waals surface area contributed by atoms with E-state index in [4.69, 9.17) is 4.74 Å². The Bertz CT molecular complexity index is 1100. The van der Waals surface area contributed by atoms with Gasteiger partial charge in [-0.05, 0) is 55.7 Å². The number of nitrogens with zero attached hydrogens (tertiary/aromatic N) is 1. The molecule has 0 aliphatic heterocycles. The van der Waals surface area contributed by atoms with Crippen LogP contribution in [0.5, 0.6) is 5.75 Å². The van der Waals surface area contributed by atoms with Gasteiger partial charge in [-0.3, -0.25) is 9.78 Å². The number of carbonyl (C=O) groups excluding carboxylic acids is 1. The van der Waals surface area contributed by atoms with Gasteiger partial charge in [-0.25, -0.2) is 0 Å². The van der Waals surface area contributed by atoms with Crippen LogP contribution in [0.2, 0.25) is 0 Å². The molecule has 5 heteroatoms. The van der Waals surface area contributed by atoms with E-state index in [9.17, 15) is 4.79 Å². The number of H-pyrrole nitrogens is 1. The maximum Gasteiger partial charge on any atom is 0.167 e. The highest BCUT2D eigenvalue weighted by Gasteiger charge is 2.32. The summed E-state index contributed by atoms with van der Waals surface area (Å²) in [6.45, 7) is 4.57. The number of anilines is 2. The Morgan fingerprint density at radius 2 is 2.00 bits per heavy atom. The SMILES string of the molecule is C=CCC1CC(=O)c2c([nH]c(-c3ccncc3OCC3CC3)c2Nc2ccccc2)C1. The lowest BCUT2D eigenvalue weighted by atomic mass is 9.84. The number of Topliss-reactive ketones (excluding diaryl/α,β-unsaturated/α-hetero) is 1. The van der Waals surface area contributed by atoms with Gasteiger partial charge < -0.3 is 15.0 Å². The molecule has 0 saturated heterocycles. The van der Waals surface area contributed by atoms with E-state index in [-0.39, 0.29) is 11.7 Å². The molecule has 5 rings (SSSR count). The number of ketones is 1. The van der Waals surface area contributed by atoms with Crippen LogP contribution in [0.15, 0.2) is 61.4 Å². The van der Waals surface area contributed by atoms with Gasteiger partial charge in [0.1, 0.15) is 5.75 Å². The van der Waals surface area contributed by atoms with E-state index >= 15 is 0 Å². The number of aromatic nitrogens is 2. The molecule has 2 aliphatic rings. The number of nitrogens with one attached hydrogen (secondary N) is 2. The van der Waals surface area contributed by atoms with Gasteiger partial charge in [0.2, 0.25) is 0 Å². The van der Waals surface area contributed by atoms with Crippen molar-refractivity contribution in [3.8, 4) is 17.0 Å². The van der Waals surface area contributed by atoms with Gasteiger partial charge in [0, 0.05) is 29.6 Å². The van der Waals surface area contributed by atoms with Crippen LogP contribution in [0, 0.1) is 11.8 Å². The second-order valence-corrected chi connectivity index (χ2v) is 8.57. The molecule has 1 saturated carbocycles. The summed E-state index contributed by atoms with van der Waals surface area (Å²) in [5.41, 5.74) is 5.34. The molecule has 0 amide bonds. The minimum Gasteiger partial charge on any atom is -0.491 e. The summed E-state index contributed by atoms with van der Waals surface area (Å²) in [6.07, 6.45) is 10.1. The Kier molecular flexibility index (Phi) is 5.33. The highest BCUT2D eigenvalue weighted by Crippen LogP contribution is 2.43. The average Bonchev–Trinajstić information content (AvgIpc) is 3.54. The quantitative estimate of drug-likeness (QED) is 0.449. The van der Waals surface area contributed by atoms with Crippen molar-refractivity contribution in [1.82, 2.24) is 9.97 Å². The third kappa shape index (κ3) is 4.13. The maximum atomic E-state index is 13.2. The number of hydrogen-bond acceptors (Lipinski definition) is 4. The summed E-state index contributed by atoms with van der Waals surface area (Å²) in [4.78, 5) is 21.1. The molecule has 1 fully saturated rings. The van der Waals surface area contributed by atoms with Crippen LogP contribution in [0.3, 0.4) is 0 Å². The summed E-state index contributed by atoms with van der Waals surface area (Å²) in [7, 11) is 0. The standard InChI is InChI=1S/C26H27N3O2/c1-2-6-18-13-21-24(22(30)14-18)26(28-19-7-4-3-5-8-19)25(29-21)20-11-12-27-15-23(20)31-16-17-9-10-17/h2-5,7-8,11-12,15,17-18,28-29H,1,6,9-10,13-14,16H2. The fourth-order valence-electron chi connectivity index (χ4n) is 4.33. The molecule has 2 aliphatic carbocycles. The number of fused-ring (bicyclic) bond motifs is 1. The fraction of sp³-hybridized carbons (Fsp3) is 0.308. The number of hydrogen-bond donors (Lipinski definition) is 2. The fourth-order valence-corrected chi connectivity index (χ4v) is 4.33. The zero-order valence-electron chi connectivity index (χ0n) is 17.6. The molecule has 0 radical (unpaired) electrons. The Morgan fingerprint density at radius 3 is 2.77 bits per heavy atom. The molecule has 1 unspecified atom stereocenters. The van der Waals surface area contributed by atoms with Crippen LogP contribution in [0.4, 0.5) is 11.4 Å². The monoisotopic (exact) mass is 413 g/mol. The third-order valence-corrected chi connectivity index (χ3v) is 6.09. The number of pyridine rings is 1. The van der Waals surface area contributed by atoms with E-state index in [1.54, 1.807) is 12.4 Å². The van der Waals surface area contributed by atoms with Crippen molar-refractivity contribution >= 4 is 17.2 Å². The minimum absolute atomic E-state index is 0.170. The zero-order chi connectivity index (χ0) is 21.2. The molecule has 2 heterocycles. The van der Waals surface area contributed by atoms with E-state index in [1.807, 2.05) is 42.5 Å². The maximum absolute atomic E-state index is 13.2. The summed E-state index contributed by atoms with van der Waals surface area (Å²) >= 11 is 0. The van der Waals surface area contributed by atoms with Crippen molar-refractivity contribution in [2.24, 2.45) is 11.8 Å². The highest BCUT2D eigenvalue weighted by molar-refractivity contribution is 6.07. The largest absolute Gasteiger partial charge is 0.491 e. The van der Waals surface area contributed by atoms with E-state index in [0.29, 0.717) is 18.9 Å². The number of benzene rings is 1. The van der Waals surface area contributed by atoms with Crippen molar-refractivity contribution in [2.45, 2.75) is 32.1 Å². The van der Waals surface area contributed by atoms with Crippen LogP contribution in [0.25, 0.3) is 11.3 Å². The highest BCUT2D eigenvalue weighted by atomic mass is 16.5. The number of rotatable bonds is 8. The van der Waals surface area contributed by atoms with Crippen LogP contribution in [0.1, 0.15) is 41.7 Å². The first-order valence-corrected chi connectivity index (χ1v) is 11.0. The first kappa shape index (κ1) is 19.6. The van der Waals surface area contributed by atoms with Crippen LogP contribution >= 0.6 is 0 Å². The van der Waals surface area contributed by atoms with Gasteiger partial charge in [0.15, 0.2) is 5.78 Å². The second-order valence-electron chi connectivity index (χ2n) is 8.57. The lowest BCUT2D eigenvalue weighted by Gasteiger charge is -2.21. The molecule has 1 atom stereocenters. The molecule has 0 spiro atoms. The Hall–Kier alpha value is -3.34. The molecule has 1 aromatic carbocycles. The van der Waals surface area contributed by atoms with E-state index < -0.39 is 0 Å². The van der Waals surface area contributed by atoms with Gasteiger partial charge >= 0.3 is 0 Å². The van der Waals surface area contributed by atoms with Crippen molar-refractivity contribution in [3.63, 3.8) is 0 Å². The van der Waals surface area contributed by atoms with Crippen molar-refractivity contribution in [3.05, 3.63) is 72.7 Å². The van der Waals surface area contributed by atoms with Crippen LogP contribution < -0.4 is 10.1 Å². The molecule has 2 N–H and O–H groups in total. The van der Waals surface area contributed by atoms with Gasteiger partial charge in [-0.2, -0.15) is 0 Å². The number of allylic oxidation sites excluding steroid dienone is 1. The van der Waals surface area contributed by atoms with Crippen molar-refractivity contribution in [2.75, 3.05) is 11.9 Å².